The second-order valence-electron chi connectivity index (χ2n) is 3.61. The van der Waals surface area contributed by atoms with Gasteiger partial charge in [-0.15, -0.1) is 0 Å². The predicted molar refractivity (Wildman–Crippen MR) is 54.5 cm³/mol. The molecular formula is C10H19N3. The smallest absolute Gasteiger partial charge is 0.0948 e. The van der Waals surface area contributed by atoms with E-state index in [9.17, 15) is 0 Å². The van der Waals surface area contributed by atoms with E-state index in [1.807, 2.05) is 12.5 Å². The summed E-state index contributed by atoms with van der Waals surface area (Å²) in [5.74, 6) is 0. The van der Waals surface area contributed by atoms with Crippen LogP contribution in [0.25, 0.3) is 0 Å². The Hall–Kier alpha value is -0.830. The topological polar surface area (TPSA) is 29.9 Å². The molecule has 0 aliphatic carbocycles. The van der Waals surface area contributed by atoms with Crippen molar-refractivity contribution in [1.29, 1.82) is 0 Å². The molecule has 0 spiro atoms. The van der Waals surface area contributed by atoms with Crippen LogP contribution in [0.4, 0.5) is 0 Å². The highest BCUT2D eigenvalue weighted by molar-refractivity contribution is 4.97. The van der Waals surface area contributed by atoms with Crippen LogP contribution in [0.5, 0.6) is 0 Å². The molecule has 0 amide bonds. The van der Waals surface area contributed by atoms with Crippen molar-refractivity contribution in [3.8, 4) is 0 Å². The van der Waals surface area contributed by atoms with Crippen molar-refractivity contribution in [3.63, 3.8) is 0 Å². The first-order valence-corrected chi connectivity index (χ1v) is 4.96. The van der Waals surface area contributed by atoms with Gasteiger partial charge in [0.15, 0.2) is 0 Å². The quantitative estimate of drug-likeness (QED) is 0.750. The molecule has 1 aromatic rings. The normalized spacial score (nSPS) is 11.1. The van der Waals surface area contributed by atoms with Crippen molar-refractivity contribution >= 4 is 0 Å². The van der Waals surface area contributed by atoms with Gasteiger partial charge in [-0.25, -0.2) is 4.98 Å². The molecule has 0 saturated carbocycles. The van der Waals surface area contributed by atoms with Gasteiger partial charge in [0.2, 0.25) is 0 Å². The zero-order valence-corrected chi connectivity index (χ0v) is 8.75. The van der Waals surface area contributed by atoms with Gasteiger partial charge >= 0.3 is 0 Å². The van der Waals surface area contributed by atoms with Gasteiger partial charge in [-0.05, 0) is 6.42 Å². The zero-order valence-electron chi connectivity index (χ0n) is 8.75. The number of nitrogens with one attached hydrogen (secondary N) is 1. The number of nitrogens with zero attached hydrogens (tertiary/aromatic N) is 2. The average molecular weight is 181 g/mol. The highest BCUT2D eigenvalue weighted by Crippen LogP contribution is 2.00. The number of aryl methyl sites for hydroxylation is 1. The molecule has 1 aromatic heterocycles. The average Bonchev–Trinajstić information content (AvgIpc) is 2.49. The van der Waals surface area contributed by atoms with Gasteiger partial charge in [-0.2, -0.15) is 0 Å². The predicted octanol–water partition coefficient (Wildman–Crippen LogP) is 1.79. The summed E-state index contributed by atoms with van der Waals surface area (Å²) in [4.78, 5) is 4.14. The Morgan fingerprint density at radius 3 is 2.92 bits per heavy atom. The van der Waals surface area contributed by atoms with Crippen LogP contribution < -0.4 is 5.32 Å². The Bertz CT molecular complexity index is 240. The molecule has 0 unspecified atom stereocenters. The summed E-state index contributed by atoms with van der Waals surface area (Å²) in [6.45, 7) is 8.47. The minimum atomic E-state index is 0.532. The Labute approximate surface area is 80.2 Å². The van der Waals surface area contributed by atoms with Crippen LogP contribution in [-0.4, -0.2) is 15.6 Å². The molecular weight excluding hydrogens is 162 g/mol. The van der Waals surface area contributed by atoms with E-state index < -0.39 is 0 Å². The van der Waals surface area contributed by atoms with Gasteiger partial charge in [0, 0.05) is 25.3 Å². The van der Waals surface area contributed by atoms with Crippen LogP contribution in [-0.2, 0) is 13.1 Å². The summed E-state index contributed by atoms with van der Waals surface area (Å²) in [6.07, 6.45) is 5.00. The second-order valence-corrected chi connectivity index (χ2v) is 3.61. The Morgan fingerprint density at radius 1 is 1.54 bits per heavy atom. The SMILES string of the molecule is CCCn1cncc1CNC(C)C. The fourth-order valence-corrected chi connectivity index (χ4v) is 1.25. The van der Waals surface area contributed by atoms with Gasteiger partial charge in [0.25, 0.3) is 0 Å². The molecule has 13 heavy (non-hydrogen) atoms. The summed E-state index contributed by atoms with van der Waals surface area (Å²) < 4.78 is 2.20. The number of hydrogen-bond donors (Lipinski definition) is 1. The molecule has 3 heteroatoms. The minimum Gasteiger partial charge on any atom is -0.333 e. The fourth-order valence-electron chi connectivity index (χ4n) is 1.25. The third-order valence-corrected chi connectivity index (χ3v) is 1.95. The van der Waals surface area contributed by atoms with Gasteiger partial charge in [0.1, 0.15) is 0 Å². The van der Waals surface area contributed by atoms with E-state index in [1.165, 1.54) is 5.69 Å². The fraction of sp³-hybridized carbons (Fsp3) is 0.700. The van der Waals surface area contributed by atoms with Crippen LogP contribution in [0.15, 0.2) is 12.5 Å². The molecule has 0 aliphatic heterocycles. The molecule has 0 atom stereocenters. The number of imidazole rings is 1. The highest BCUT2D eigenvalue weighted by atomic mass is 15.1. The van der Waals surface area contributed by atoms with Crippen LogP contribution >= 0.6 is 0 Å². The van der Waals surface area contributed by atoms with E-state index in [2.05, 4.69) is 35.6 Å². The van der Waals surface area contributed by atoms with Crippen molar-refractivity contribution < 1.29 is 0 Å². The molecule has 3 nitrogen and oxygen atoms in total. The zero-order chi connectivity index (χ0) is 9.68. The van der Waals surface area contributed by atoms with Crippen molar-refractivity contribution in [1.82, 2.24) is 14.9 Å². The molecule has 0 radical (unpaired) electrons. The molecule has 1 rings (SSSR count). The number of hydrogen-bond acceptors (Lipinski definition) is 2. The van der Waals surface area contributed by atoms with E-state index in [0.29, 0.717) is 6.04 Å². The van der Waals surface area contributed by atoms with Crippen LogP contribution in [0.1, 0.15) is 32.9 Å². The van der Waals surface area contributed by atoms with Gasteiger partial charge in [0.05, 0.1) is 12.0 Å². The van der Waals surface area contributed by atoms with Crippen molar-refractivity contribution in [2.45, 2.75) is 46.3 Å². The Kier molecular flexibility index (Phi) is 3.96. The molecule has 1 heterocycles. The standard InChI is InChI=1S/C10H19N3/c1-4-5-13-8-11-6-10(13)7-12-9(2)3/h6,8-9,12H,4-5,7H2,1-3H3. The van der Waals surface area contributed by atoms with E-state index >= 15 is 0 Å². The van der Waals surface area contributed by atoms with Crippen LogP contribution in [0.3, 0.4) is 0 Å². The maximum Gasteiger partial charge on any atom is 0.0948 e. The third kappa shape index (κ3) is 3.19. The van der Waals surface area contributed by atoms with Crippen LogP contribution in [0.2, 0.25) is 0 Å². The van der Waals surface area contributed by atoms with E-state index in [-0.39, 0.29) is 0 Å². The molecule has 0 saturated heterocycles. The summed E-state index contributed by atoms with van der Waals surface area (Å²) >= 11 is 0. The first-order chi connectivity index (χ1) is 6.24. The lowest BCUT2D eigenvalue weighted by Crippen LogP contribution is -2.23. The lowest BCUT2D eigenvalue weighted by Gasteiger charge is -2.09. The summed E-state index contributed by atoms with van der Waals surface area (Å²) in [5.41, 5.74) is 1.27. The van der Waals surface area contributed by atoms with E-state index in [4.69, 9.17) is 0 Å². The second kappa shape index (κ2) is 5.02. The van der Waals surface area contributed by atoms with Gasteiger partial charge in [-0.1, -0.05) is 20.8 Å². The summed E-state index contributed by atoms with van der Waals surface area (Å²) in [7, 11) is 0. The molecule has 0 bridgehead atoms. The number of aromatic nitrogens is 2. The maximum absolute atomic E-state index is 4.14. The Balaban J connectivity index is 2.49. The van der Waals surface area contributed by atoms with Crippen molar-refractivity contribution in [3.05, 3.63) is 18.2 Å². The summed E-state index contributed by atoms with van der Waals surface area (Å²) in [5, 5.41) is 3.39. The maximum atomic E-state index is 4.14. The molecule has 74 valence electrons. The van der Waals surface area contributed by atoms with Crippen molar-refractivity contribution in [2.24, 2.45) is 0 Å². The first-order valence-electron chi connectivity index (χ1n) is 4.96. The molecule has 1 N–H and O–H groups in total. The third-order valence-electron chi connectivity index (χ3n) is 1.95. The van der Waals surface area contributed by atoms with E-state index in [1.54, 1.807) is 0 Å². The number of rotatable bonds is 5. The highest BCUT2D eigenvalue weighted by Gasteiger charge is 2.00. The van der Waals surface area contributed by atoms with Gasteiger partial charge in [-0.3, -0.25) is 0 Å². The largest absolute Gasteiger partial charge is 0.333 e. The molecule has 0 aromatic carbocycles. The van der Waals surface area contributed by atoms with Crippen LogP contribution in [0, 0.1) is 0 Å². The molecule has 0 aliphatic rings. The Morgan fingerprint density at radius 2 is 2.31 bits per heavy atom. The van der Waals surface area contributed by atoms with Gasteiger partial charge < -0.3 is 9.88 Å². The minimum absolute atomic E-state index is 0.532. The monoisotopic (exact) mass is 181 g/mol. The van der Waals surface area contributed by atoms with E-state index in [0.717, 1.165) is 19.5 Å². The van der Waals surface area contributed by atoms with Crippen molar-refractivity contribution in [2.75, 3.05) is 0 Å². The molecule has 0 fully saturated rings. The lowest BCUT2D eigenvalue weighted by atomic mass is 10.3. The first kappa shape index (κ1) is 10.3. The summed E-state index contributed by atoms with van der Waals surface area (Å²) in [6, 6.07) is 0.532. The lowest BCUT2D eigenvalue weighted by molar-refractivity contribution is 0.552.